The van der Waals surface area contributed by atoms with Crippen LogP contribution in [0.15, 0.2) is 0 Å². The van der Waals surface area contributed by atoms with Gasteiger partial charge >= 0.3 is 0 Å². The average Bonchev–Trinajstić information content (AvgIpc) is 3.23. The molecule has 6 aromatic carbocycles. The molecule has 0 atom stereocenters. The molecule has 0 fully saturated rings. The zero-order valence-corrected chi connectivity index (χ0v) is 37.2. The van der Waals surface area contributed by atoms with E-state index in [-0.39, 0.29) is 70.3 Å². The maximum atomic E-state index is 13.1. The Morgan fingerprint density at radius 3 is 0.367 bits per heavy atom. The minimum Gasteiger partial charge on any atom is -0.203 e. The van der Waals surface area contributed by atoms with Gasteiger partial charge in [0.1, 0.15) is 0 Å². The molecule has 324 valence electrons. The largest absolute Gasteiger partial charge is 0.203 e. The van der Waals surface area contributed by atoms with Gasteiger partial charge in [0, 0.05) is 10.8 Å². The number of fused-ring (bicyclic) bond motifs is 2. The van der Waals surface area contributed by atoms with Crippen molar-refractivity contribution in [2.75, 3.05) is 0 Å². The lowest BCUT2D eigenvalue weighted by Gasteiger charge is -2.14. The molecule has 0 aliphatic heterocycles. The Balaban J connectivity index is 0.000000218. The van der Waals surface area contributed by atoms with E-state index >= 15 is 0 Å². The molecule has 0 saturated heterocycles. The van der Waals surface area contributed by atoms with Crippen LogP contribution in [0.4, 0.5) is 61.5 Å². The molecule has 0 heterocycles. The molecule has 0 nitrogen and oxygen atoms in total. The molecule has 60 heavy (non-hydrogen) atoms. The van der Waals surface area contributed by atoms with Crippen molar-refractivity contribution < 1.29 is 61.5 Å². The van der Waals surface area contributed by atoms with Gasteiger partial charge in [0.05, 0.1) is 81.1 Å². The lowest BCUT2D eigenvalue weighted by Crippen LogP contribution is -2.06. The Kier molecular flexibility index (Phi) is 18.5. The third-order valence-corrected chi connectivity index (χ3v) is 13.3. The highest BCUT2D eigenvalue weighted by Crippen LogP contribution is 2.52. The lowest BCUT2D eigenvalue weighted by atomic mass is 10.1. The van der Waals surface area contributed by atoms with E-state index in [1.54, 1.807) is 0 Å². The molecule has 0 bridgehead atoms. The van der Waals surface area contributed by atoms with Gasteiger partial charge < -0.3 is 0 Å². The fraction of sp³-hybridized carbons (Fsp3) is 0. The monoisotopic (exact) mass is 1140 g/mol. The van der Waals surface area contributed by atoms with Crippen molar-refractivity contribution in [3.63, 3.8) is 0 Å². The van der Waals surface area contributed by atoms with Crippen molar-refractivity contribution in [1.29, 1.82) is 0 Å². The standard InChI is InChI=1S/C10Cl8.C10F8.C6Cl6.C6F6/c2*11-3-1-2(5(13)9(17)7(3)15)6(14)10(18)8(16)4(1)12;2*7-1-2(8)4(10)6(12)5(11)3(1)9. The van der Waals surface area contributed by atoms with Crippen LogP contribution in [-0.4, -0.2) is 0 Å². The zero-order chi connectivity index (χ0) is 46.5. The smallest absolute Gasteiger partial charge is 0.200 e. The van der Waals surface area contributed by atoms with Crippen LogP contribution in [0.25, 0.3) is 21.5 Å². The maximum absolute atomic E-state index is 13.1. The predicted molar refractivity (Wildman–Crippen MR) is 210 cm³/mol. The number of halogens is 28. The van der Waals surface area contributed by atoms with Gasteiger partial charge in [0.2, 0.25) is 34.9 Å². The molecule has 0 aliphatic rings. The summed E-state index contributed by atoms with van der Waals surface area (Å²) in [6, 6.07) is 0. The quantitative estimate of drug-likeness (QED) is 0.0808. The molecule has 6 rings (SSSR count). The molecule has 0 amide bonds. The van der Waals surface area contributed by atoms with Gasteiger partial charge in [-0.2, -0.15) is 0 Å². The van der Waals surface area contributed by atoms with Gasteiger partial charge in [0.15, 0.2) is 46.5 Å². The Morgan fingerprint density at radius 2 is 0.233 bits per heavy atom. The molecule has 0 saturated carbocycles. The van der Waals surface area contributed by atoms with Crippen LogP contribution in [0, 0.1) is 81.4 Å². The van der Waals surface area contributed by atoms with Crippen molar-refractivity contribution in [1.82, 2.24) is 0 Å². The summed E-state index contributed by atoms with van der Waals surface area (Å²) in [5, 5.41) is -1.60. The average molecular weight is 1150 g/mol. The highest BCUT2D eigenvalue weighted by Gasteiger charge is 2.31. The molecule has 0 aromatic heterocycles. The van der Waals surface area contributed by atoms with Gasteiger partial charge in [-0.1, -0.05) is 162 Å². The van der Waals surface area contributed by atoms with Crippen molar-refractivity contribution >= 4 is 184 Å². The molecule has 0 spiro atoms. The van der Waals surface area contributed by atoms with Crippen molar-refractivity contribution in [3.8, 4) is 0 Å². The van der Waals surface area contributed by atoms with Crippen LogP contribution in [0.1, 0.15) is 0 Å². The highest BCUT2D eigenvalue weighted by molar-refractivity contribution is 6.62. The third kappa shape index (κ3) is 9.78. The summed E-state index contributed by atoms with van der Waals surface area (Å²) in [5.41, 5.74) is 0. The van der Waals surface area contributed by atoms with Gasteiger partial charge in [-0.05, 0) is 0 Å². The zero-order valence-electron chi connectivity index (χ0n) is 26.6. The Bertz CT molecular complexity index is 2150. The topological polar surface area (TPSA) is 0 Å². The summed E-state index contributed by atoms with van der Waals surface area (Å²) in [7, 11) is 0. The van der Waals surface area contributed by atoms with Crippen LogP contribution in [0.5, 0.6) is 0 Å². The summed E-state index contributed by atoms with van der Waals surface area (Å²) in [5.74, 6) is -33.4. The van der Waals surface area contributed by atoms with E-state index in [4.69, 9.17) is 162 Å². The molecule has 0 aliphatic carbocycles. The van der Waals surface area contributed by atoms with E-state index in [0.717, 1.165) is 0 Å². The molecule has 28 heteroatoms. The number of benzene rings is 6. The van der Waals surface area contributed by atoms with E-state index in [2.05, 4.69) is 0 Å². The van der Waals surface area contributed by atoms with Gasteiger partial charge in [-0.15, -0.1) is 0 Å². The second-order valence-corrected chi connectivity index (χ2v) is 15.6. The lowest BCUT2D eigenvalue weighted by molar-refractivity contribution is 0.334. The molecule has 0 unspecified atom stereocenters. The number of hydrogen-bond donors (Lipinski definition) is 0. The molecular weight excluding hydrogens is 1150 g/mol. The molecule has 6 aromatic rings. The molecule has 0 radical (unpaired) electrons. The van der Waals surface area contributed by atoms with Gasteiger partial charge in [0.25, 0.3) is 0 Å². The fourth-order valence-corrected chi connectivity index (χ4v) is 7.67. The number of rotatable bonds is 0. The Morgan fingerprint density at radius 1 is 0.133 bits per heavy atom. The first-order valence-corrected chi connectivity index (χ1v) is 19.1. The van der Waals surface area contributed by atoms with Gasteiger partial charge in [-0.3, -0.25) is 0 Å². The number of hydrogen-bond acceptors (Lipinski definition) is 0. The summed E-state index contributed by atoms with van der Waals surface area (Å²) in [6.45, 7) is 0. The van der Waals surface area contributed by atoms with Crippen LogP contribution in [0.2, 0.25) is 70.3 Å². The fourth-order valence-electron chi connectivity index (χ4n) is 4.07. The second kappa shape index (κ2) is 20.8. The van der Waals surface area contributed by atoms with Crippen molar-refractivity contribution in [2.45, 2.75) is 0 Å². The minimum atomic E-state index is -2.45. The first-order valence-electron chi connectivity index (χ1n) is 13.8. The summed E-state index contributed by atoms with van der Waals surface area (Å²) < 4.78 is 176. The first-order chi connectivity index (χ1) is 27.5. The Labute approximate surface area is 394 Å². The molecular formula is C32Cl14F14. The van der Waals surface area contributed by atoms with E-state index < -0.39 is 92.2 Å². The summed E-state index contributed by atoms with van der Waals surface area (Å²) >= 11 is 82.2. The van der Waals surface area contributed by atoms with E-state index in [9.17, 15) is 61.5 Å². The van der Waals surface area contributed by atoms with E-state index in [1.165, 1.54) is 0 Å². The van der Waals surface area contributed by atoms with Crippen LogP contribution in [-0.2, 0) is 0 Å². The minimum absolute atomic E-state index is 0.0761. The van der Waals surface area contributed by atoms with Crippen LogP contribution < -0.4 is 0 Å². The second-order valence-electron chi connectivity index (χ2n) is 10.3. The van der Waals surface area contributed by atoms with Crippen LogP contribution >= 0.6 is 162 Å². The maximum Gasteiger partial charge on any atom is 0.200 e. The summed E-state index contributed by atoms with van der Waals surface area (Å²) in [6.07, 6.45) is 0. The highest BCUT2D eigenvalue weighted by atomic mass is 35.5. The van der Waals surface area contributed by atoms with E-state index in [0.29, 0.717) is 10.8 Å². The van der Waals surface area contributed by atoms with Crippen LogP contribution in [0.3, 0.4) is 0 Å². The van der Waals surface area contributed by atoms with Crippen molar-refractivity contribution in [3.05, 3.63) is 152 Å². The Hall–Kier alpha value is -1.08. The van der Waals surface area contributed by atoms with E-state index in [1.807, 2.05) is 0 Å². The van der Waals surface area contributed by atoms with Gasteiger partial charge in [-0.25, -0.2) is 61.5 Å². The van der Waals surface area contributed by atoms with Crippen molar-refractivity contribution in [2.24, 2.45) is 0 Å². The SMILES string of the molecule is Clc1c(Cl)c(Cl)c(Cl)c(Cl)c1Cl.Clc1c(Cl)c(Cl)c2c(Cl)c(Cl)c(Cl)c(Cl)c2c1Cl.Fc1c(F)c(F)c(F)c(F)c1F.Fc1c(F)c(F)c2c(F)c(F)c(F)c(F)c2c1F. The first kappa shape index (κ1) is 53.3. The third-order valence-electron chi connectivity index (χ3n) is 6.88. The summed E-state index contributed by atoms with van der Waals surface area (Å²) in [4.78, 5) is 0. The predicted octanol–water partition coefficient (Wildman–Crippen LogP) is 20.1. The molecule has 0 N–H and O–H groups in total. The normalized spacial score (nSPS) is 11.0.